The van der Waals surface area contributed by atoms with E-state index in [0.717, 1.165) is 0 Å². The number of oxazole rings is 1. The molecule has 84 valence electrons. The number of hydrogen-bond donors (Lipinski definition) is 1. The molecule has 0 spiro atoms. The van der Waals surface area contributed by atoms with Crippen molar-refractivity contribution < 1.29 is 12.8 Å². The zero-order chi connectivity index (χ0) is 11.4. The van der Waals surface area contributed by atoms with Crippen LogP contribution in [-0.2, 0) is 16.6 Å². The highest BCUT2D eigenvalue weighted by Gasteiger charge is 2.13. The van der Waals surface area contributed by atoms with E-state index in [2.05, 4.69) is 9.71 Å². The molecule has 0 unspecified atom stereocenters. The second-order valence-corrected chi connectivity index (χ2v) is 4.88. The molecule has 0 bridgehead atoms. The quantitative estimate of drug-likeness (QED) is 0.867. The van der Waals surface area contributed by atoms with Gasteiger partial charge in [0.05, 0.1) is 17.1 Å². The summed E-state index contributed by atoms with van der Waals surface area (Å²) in [4.78, 5) is 4.05. The molecule has 0 saturated carbocycles. The lowest BCUT2D eigenvalue weighted by Crippen LogP contribution is -2.23. The summed E-state index contributed by atoms with van der Waals surface area (Å²) in [6.07, 6.45) is 2.65. The number of benzene rings is 1. The molecule has 2 aromatic rings. The summed E-state index contributed by atoms with van der Waals surface area (Å²) < 4.78 is 30.7. The van der Waals surface area contributed by atoms with Gasteiger partial charge in [-0.1, -0.05) is 18.2 Å². The Morgan fingerprint density at radius 1 is 1.25 bits per heavy atom. The minimum atomic E-state index is -3.47. The van der Waals surface area contributed by atoms with Crippen LogP contribution in [0.25, 0.3) is 0 Å². The van der Waals surface area contributed by atoms with Crippen LogP contribution in [0.5, 0.6) is 0 Å². The summed E-state index contributed by atoms with van der Waals surface area (Å²) in [7, 11) is -3.47. The first-order valence-electron chi connectivity index (χ1n) is 4.60. The van der Waals surface area contributed by atoms with Gasteiger partial charge in [0.2, 0.25) is 10.0 Å². The second-order valence-electron chi connectivity index (χ2n) is 3.12. The highest BCUT2D eigenvalue weighted by atomic mass is 32.2. The van der Waals surface area contributed by atoms with Crippen LogP contribution in [0.3, 0.4) is 0 Å². The molecule has 1 aromatic carbocycles. The van der Waals surface area contributed by atoms with Gasteiger partial charge in [0.25, 0.3) is 0 Å². The summed E-state index contributed by atoms with van der Waals surface area (Å²) in [6, 6.07) is 8.17. The van der Waals surface area contributed by atoms with Gasteiger partial charge >= 0.3 is 0 Å². The minimum Gasteiger partial charge on any atom is -0.451 e. The molecule has 0 saturated heterocycles. The van der Waals surface area contributed by atoms with Gasteiger partial charge in [0.1, 0.15) is 6.26 Å². The van der Waals surface area contributed by atoms with Gasteiger partial charge in [0.15, 0.2) is 6.39 Å². The van der Waals surface area contributed by atoms with Crippen LogP contribution in [0.15, 0.2) is 52.3 Å². The number of aromatic nitrogens is 1. The van der Waals surface area contributed by atoms with Crippen molar-refractivity contribution in [1.29, 1.82) is 0 Å². The normalized spacial score (nSPS) is 11.5. The number of nitrogens with one attached hydrogen (secondary N) is 1. The van der Waals surface area contributed by atoms with Crippen molar-refractivity contribution in [1.82, 2.24) is 9.71 Å². The fraction of sp³-hybridized carbons (Fsp3) is 0.100. The van der Waals surface area contributed by atoms with Gasteiger partial charge in [-0.25, -0.2) is 18.1 Å². The van der Waals surface area contributed by atoms with E-state index in [4.69, 9.17) is 4.42 Å². The summed E-state index contributed by atoms with van der Waals surface area (Å²) in [6.45, 7) is 0.119. The predicted octanol–water partition coefficient (Wildman–Crippen LogP) is 1.15. The molecule has 0 aliphatic heterocycles. The molecule has 0 aliphatic rings. The van der Waals surface area contributed by atoms with E-state index >= 15 is 0 Å². The van der Waals surface area contributed by atoms with Gasteiger partial charge in [-0.05, 0) is 12.1 Å². The first-order chi connectivity index (χ1) is 7.68. The Hall–Kier alpha value is -1.66. The molecule has 0 atom stereocenters. The van der Waals surface area contributed by atoms with Crippen molar-refractivity contribution in [2.24, 2.45) is 0 Å². The summed E-state index contributed by atoms with van der Waals surface area (Å²) in [5.41, 5.74) is 0.541. The van der Waals surface area contributed by atoms with Crippen LogP contribution < -0.4 is 4.72 Å². The number of rotatable bonds is 4. The van der Waals surface area contributed by atoms with Crippen LogP contribution in [-0.4, -0.2) is 13.4 Å². The fourth-order valence-electron chi connectivity index (χ4n) is 1.18. The smallest absolute Gasteiger partial charge is 0.240 e. The molecule has 0 fully saturated rings. The Morgan fingerprint density at radius 2 is 2.00 bits per heavy atom. The lowest BCUT2D eigenvalue weighted by atomic mass is 10.4. The maximum absolute atomic E-state index is 11.8. The Balaban J connectivity index is 2.10. The Labute approximate surface area is 93.2 Å². The van der Waals surface area contributed by atoms with Gasteiger partial charge in [-0.15, -0.1) is 0 Å². The number of nitrogens with zero attached hydrogens (tertiary/aromatic N) is 1. The average Bonchev–Trinajstić information content (AvgIpc) is 2.81. The highest BCUT2D eigenvalue weighted by Crippen LogP contribution is 2.07. The van der Waals surface area contributed by atoms with E-state index in [1.54, 1.807) is 18.2 Å². The zero-order valence-electron chi connectivity index (χ0n) is 8.33. The summed E-state index contributed by atoms with van der Waals surface area (Å²) >= 11 is 0. The third-order valence-corrected chi connectivity index (χ3v) is 3.40. The van der Waals surface area contributed by atoms with Crippen molar-refractivity contribution in [2.45, 2.75) is 11.4 Å². The van der Waals surface area contributed by atoms with Crippen LogP contribution >= 0.6 is 0 Å². The molecule has 16 heavy (non-hydrogen) atoms. The second kappa shape index (κ2) is 4.46. The highest BCUT2D eigenvalue weighted by molar-refractivity contribution is 7.89. The van der Waals surface area contributed by atoms with Crippen LogP contribution in [0.2, 0.25) is 0 Å². The molecule has 1 heterocycles. The van der Waals surface area contributed by atoms with Gasteiger partial charge in [0, 0.05) is 0 Å². The zero-order valence-corrected chi connectivity index (χ0v) is 9.15. The van der Waals surface area contributed by atoms with E-state index < -0.39 is 10.0 Å². The van der Waals surface area contributed by atoms with E-state index in [0.29, 0.717) is 5.69 Å². The molecule has 0 aliphatic carbocycles. The fourth-order valence-corrected chi connectivity index (χ4v) is 2.20. The SMILES string of the molecule is O=S(=O)(NCc1cocn1)c1ccccc1. The molecule has 0 amide bonds. The molecule has 1 aromatic heterocycles. The van der Waals surface area contributed by atoms with Crippen molar-refractivity contribution in [3.8, 4) is 0 Å². The lowest BCUT2D eigenvalue weighted by Gasteiger charge is -2.04. The molecule has 6 heteroatoms. The van der Waals surface area contributed by atoms with Gasteiger partial charge < -0.3 is 4.42 Å². The molecule has 0 radical (unpaired) electrons. The first kappa shape index (κ1) is 10.8. The van der Waals surface area contributed by atoms with Crippen molar-refractivity contribution >= 4 is 10.0 Å². The summed E-state index contributed by atoms with van der Waals surface area (Å²) in [5, 5.41) is 0. The van der Waals surface area contributed by atoms with Crippen LogP contribution in [0.1, 0.15) is 5.69 Å². The van der Waals surface area contributed by atoms with Crippen LogP contribution in [0, 0.1) is 0 Å². The predicted molar refractivity (Wildman–Crippen MR) is 57.0 cm³/mol. The maximum Gasteiger partial charge on any atom is 0.240 e. The third-order valence-electron chi connectivity index (χ3n) is 1.98. The monoisotopic (exact) mass is 238 g/mol. The molecular weight excluding hydrogens is 228 g/mol. The topological polar surface area (TPSA) is 72.2 Å². The van der Waals surface area contributed by atoms with E-state index in [1.807, 2.05) is 0 Å². The Bertz CT molecular complexity index is 535. The van der Waals surface area contributed by atoms with Gasteiger partial charge in [-0.2, -0.15) is 0 Å². The molecule has 5 nitrogen and oxygen atoms in total. The maximum atomic E-state index is 11.8. The summed E-state index contributed by atoms with van der Waals surface area (Å²) in [5.74, 6) is 0. The van der Waals surface area contributed by atoms with Crippen molar-refractivity contribution in [3.63, 3.8) is 0 Å². The first-order valence-corrected chi connectivity index (χ1v) is 6.08. The Kier molecular flexibility index (Phi) is 3.02. The van der Waals surface area contributed by atoms with Crippen molar-refractivity contribution in [3.05, 3.63) is 48.7 Å². The van der Waals surface area contributed by atoms with Gasteiger partial charge in [-0.3, -0.25) is 0 Å². The largest absolute Gasteiger partial charge is 0.451 e. The minimum absolute atomic E-state index is 0.119. The molecule has 1 N–H and O–H groups in total. The van der Waals surface area contributed by atoms with E-state index in [9.17, 15) is 8.42 Å². The Morgan fingerprint density at radius 3 is 2.62 bits per heavy atom. The standard InChI is InChI=1S/C10H10N2O3S/c13-16(14,10-4-2-1-3-5-10)12-6-9-7-15-8-11-9/h1-5,7-8,12H,6H2. The van der Waals surface area contributed by atoms with E-state index in [-0.39, 0.29) is 11.4 Å². The third kappa shape index (κ3) is 2.47. The number of sulfonamides is 1. The molecular formula is C10H10N2O3S. The number of hydrogen-bond acceptors (Lipinski definition) is 4. The lowest BCUT2D eigenvalue weighted by molar-refractivity contribution is 0.555. The van der Waals surface area contributed by atoms with Crippen molar-refractivity contribution in [2.75, 3.05) is 0 Å². The van der Waals surface area contributed by atoms with E-state index in [1.165, 1.54) is 24.8 Å². The molecule has 2 rings (SSSR count). The van der Waals surface area contributed by atoms with Crippen LogP contribution in [0.4, 0.5) is 0 Å². The average molecular weight is 238 g/mol.